The third-order valence-electron chi connectivity index (χ3n) is 4.37. The van der Waals surface area contributed by atoms with Gasteiger partial charge in [-0.3, -0.25) is 9.36 Å². The van der Waals surface area contributed by atoms with E-state index in [1.165, 1.54) is 11.8 Å². The molecule has 2 heterocycles. The van der Waals surface area contributed by atoms with Crippen LogP contribution in [-0.2, 0) is 4.79 Å². The molecule has 0 saturated carbocycles. The van der Waals surface area contributed by atoms with E-state index in [1.54, 1.807) is 21.9 Å². The Bertz CT molecular complexity index is 749. The highest BCUT2D eigenvalue weighted by Crippen LogP contribution is 2.30. The topological polar surface area (TPSA) is 71.2 Å². The van der Waals surface area contributed by atoms with Crippen molar-refractivity contribution in [1.82, 2.24) is 19.7 Å². The third-order valence-corrected chi connectivity index (χ3v) is 5.53. The molecule has 0 radical (unpaired) electrons. The number of hydrogen-bond donors (Lipinski definition) is 1. The number of thioether (sulfide) groups is 1. The van der Waals surface area contributed by atoms with Crippen molar-refractivity contribution in [2.75, 3.05) is 12.3 Å². The Morgan fingerprint density at radius 1 is 1.50 bits per heavy atom. The highest BCUT2D eigenvalue weighted by Gasteiger charge is 2.42. The maximum absolute atomic E-state index is 12.5. The van der Waals surface area contributed by atoms with Crippen LogP contribution in [0, 0.1) is 0 Å². The molecule has 1 unspecified atom stereocenters. The zero-order chi connectivity index (χ0) is 17.3. The number of aliphatic hydroxyl groups is 1. The van der Waals surface area contributed by atoms with Gasteiger partial charge in [-0.2, -0.15) is 0 Å². The molecule has 0 bridgehead atoms. The fourth-order valence-corrected chi connectivity index (χ4v) is 3.84. The first-order valence-corrected chi connectivity index (χ1v) is 9.03. The first-order valence-electron chi connectivity index (χ1n) is 7.67. The first-order chi connectivity index (χ1) is 11.4. The fraction of sp³-hybridized carbons (Fsp3) is 0.438. The van der Waals surface area contributed by atoms with Crippen LogP contribution in [0.2, 0.25) is 5.02 Å². The normalized spacial score (nSPS) is 19.7. The van der Waals surface area contributed by atoms with Gasteiger partial charge in [-0.15, -0.1) is 10.2 Å². The van der Waals surface area contributed by atoms with Crippen LogP contribution in [0.1, 0.15) is 20.3 Å². The summed E-state index contributed by atoms with van der Waals surface area (Å²) in [5.74, 6) is 0.234. The van der Waals surface area contributed by atoms with Crippen molar-refractivity contribution in [2.45, 2.75) is 37.1 Å². The molecule has 1 aliphatic heterocycles. The van der Waals surface area contributed by atoms with E-state index in [9.17, 15) is 9.90 Å². The number of nitrogens with zero attached hydrogens (tertiary/aromatic N) is 4. The third kappa shape index (κ3) is 3.29. The van der Waals surface area contributed by atoms with Crippen molar-refractivity contribution in [3.63, 3.8) is 0 Å². The van der Waals surface area contributed by atoms with Gasteiger partial charge in [0.2, 0.25) is 5.91 Å². The van der Waals surface area contributed by atoms with Crippen molar-refractivity contribution in [3.8, 4) is 5.69 Å². The summed E-state index contributed by atoms with van der Waals surface area (Å²) < 4.78 is 1.80. The largest absolute Gasteiger partial charge is 0.391 e. The van der Waals surface area contributed by atoms with Crippen molar-refractivity contribution in [2.24, 2.45) is 0 Å². The zero-order valence-corrected chi connectivity index (χ0v) is 15.1. The van der Waals surface area contributed by atoms with Gasteiger partial charge in [0, 0.05) is 11.6 Å². The van der Waals surface area contributed by atoms with E-state index >= 15 is 0 Å². The van der Waals surface area contributed by atoms with Crippen LogP contribution in [0.4, 0.5) is 0 Å². The number of halogens is 1. The Morgan fingerprint density at radius 2 is 2.29 bits per heavy atom. The molecule has 128 valence electrons. The average molecular weight is 367 g/mol. The summed E-state index contributed by atoms with van der Waals surface area (Å²) in [7, 11) is 0. The van der Waals surface area contributed by atoms with Crippen molar-refractivity contribution in [1.29, 1.82) is 0 Å². The Balaban J connectivity index is 1.70. The Labute approximate surface area is 149 Å². The van der Waals surface area contributed by atoms with Gasteiger partial charge in [0.25, 0.3) is 0 Å². The number of hydrogen-bond acceptors (Lipinski definition) is 5. The summed E-state index contributed by atoms with van der Waals surface area (Å²) in [6.07, 6.45) is 1.73. The van der Waals surface area contributed by atoms with E-state index in [0.29, 0.717) is 23.1 Å². The summed E-state index contributed by atoms with van der Waals surface area (Å²) >= 11 is 7.35. The molecule has 1 N–H and O–H groups in total. The van der Waals surface area contributed by atoms with Crippen LogP contribution < -0.4 is 0 Å². The van der Waals surface area contributed by atoms with E-state index in [-0.39, 0.29) is 11.7 Å². The Morgan fingerprint density at radius 3 is 2.96 bits per heavy atom. The number of aromatic nitrogens is 3. The predicted octanol–water partition coefficient (Wildman–Crippen LogP) is 2.38. The summed E-state index contributed by atoms with van der Waals surface area (Å²) in [4.78, 5) is 14.3. The van der Waals surface area contributed by atoms with Crippen LogP contribution in [-0.4, -0.2) is 54.6 Å². The molecule has 6 nitrogen and oxygen atoms in total. The molecule has 0 spiro atoms. The smallest absolute Gasteiger partial charge is 0.233 e. The number of carbonyl (C=O) groups is 1. The standard InChI is InChI=1S/C16H19ClN4O2S/c1-16(2)13(22)6-7-21(16)14(23)9-24-15-19-18-10-20(15)12-5-3-4-11(17)8-12/h3-5,8,10,13,22H,6-7,9H2,1-2H3. The monoisotopic (exact) mass is 366 g/mol. The highest BCUT2D eigenvalue weighted by molar-refractivity contribution is 7.99. The molecular weight excluding hydrogens is 348 g/mol. The molecule has 8 heteroatoms. The molecular formula is C16H19ClN4O2S. The second-order valence-electron chi connectivity index (χ2n) is 6.26. The lowest BCUT2D eigenvalue weighted by Gasteiger charge is -2.33. The van der Waals surface area contributed by atoms with Gasteiger partial charge in [-0.05, 0) is 38.5 Å². The molecule has 1 atom stereocenters. The maximum atomic E-state index is 12.5. The first kappa shape index (κ1) is 17.3. The van der Waals surface area contributed by atoms with Gasteiger partial charge in [0.05, 0.1) is 23.1 Å². The van der Waals surface area contributed by atoms with Gasteiger partial charge >= 0.3 is 0 Å². The van der Waals surface area contributed by atoms with Gasteiger partial charge < -0.3 is 10.0 Å². The second-order valence-corrected chi connectivity index (χ2v) is 7.63. The number of aliphatic hydroxyl groups excluding tert-OH is 1. The number of likely N-dealkylation sites (tertiary alicyclic amines) is 1. The Kier molecular flexibility index (Phi) is 4.85. The molecule has 1 saturated heterocycles. The van der Waals surface area contributed by atoms with Gasteiger partial charge in [0.1, 0.15) is 6.33 Å². The Hall–Kier alpha value is -1.57. The minimum absolute atomic E-state index is 0.0119. The van der Waals surface area contributed by atoms with E-state index < -0.39 is 11.6 Å². The summed E-state index contributed by atoms with van der Waals surface area (Å²) in [6, 6.07) is 7.37. The summed E-state index contributed by atoms with van der Waals surface area (Å²) in [6.45, 7) is 4.36. The highest BCUT2D eigenvalue weighted by atomic mass is 35.5. The summed E-state index contributed by atoms with van der Waals surface area (Å²) in [5.41, 5.74) is 0.317. The van der Waals surface area contributed by atoms with Gasteiger partial charge in [-0.1, -0.05) is 29.4 Å². The molecule has 1 fully saturated rings. The molecule has 3 rings (SSSR count). The average Bonchev–Trinajstić information content (AvgIpc) is 3.10. The lowest BCUT2D eigenvalue weighted by molar-refractivity contribution is -0.133. The molecule has 2 aromatic rings. The van der Waals surface area contributed by atoms with Gasteiger partial charge in [0.15, 0.2) is 5.16 Å². The molecule has 24 heavy (non-hydrogen) atoms. The molecule has 0 aliphatic carbocycles. The molecule has 1 amide bonds. The van der Waals surface area contributed by atoms with E-state index in [1.807, 2.05) is 32.0 Å². The minimum atomic E-state index is -0.529. The molecule has 1 aromatic carbocycles. The van der Waals surface area contributed by atoms with Crippen molar-refractivity contribution < 1.29 is 9.90 Å². The minimum Gasteiger partial charge on any atom is -0.391 e. The number of carbonyl (C=O) groups excluding carboxylic acids is 1. The zero-order valence-electron chi connectivity index (χ0n) is 13.5. The van der Waals surface area contributed by atoms with E-state index in [4.69, 9.17) is 11.6 Å². The number of rotatable bonds is 4. The quantitative estimate of drug-likeness (QED) is 0.841. The van der Waals surface area contributed by atoms with Crippen LogP contribution in [0.15, 0.2) is 35.7 Å². The van der Waals surface area contributed by atoms with Gasteiger partial charge in [-0.25, -0.2) is 0 Å². The number of amides is 1. The van der Waals surface area contributed by atoms with Crippen molar-refractivity contribution in [3.05, 3.63) is 35.6 Å². The lowest BCUT2D eigenvalue weighted by Crippen LogP contribution is -2.48. The van der Waals surface area contributed by atoms with Crippen LogP contribution >= 0.6 is 23.4 Å². The second kappa shape index (κ2) is 6.74. The summed E-state index contributed by atoms with van der Waals surface area (Å²) in [5, 5.41) is 19.3. The van der Waals surface area contributed by atoms with Crippen LogP contribution in [0.5, 0.6) is 0 Å². The fourth-order valence-electron chi connectivity index (χ4n) is 2.85. The van der Waals surface area contributed by atoms with Crippen molar-refractivity contribution >= 4 is 29.3 Å². The molecule has 1 aliphatic rings. The predicted molar refractivity (Wildman–Crippen MR) is 93.5 cm³/mol. The van der Waals surface area contributed by atoms with E-state index in [2.05, 4.69) is 10.2 Å². The van der Waals surface area contributed by atoms with E-state index in [0.717, 1.165) is 5.69 Å². The van der Waals surface area contributed by atoms with Crippen LogP contribution in [0.25, 0.3) is 5.69 Å². The molecule has 1 aromatic heterocycles. The maximum Gasteiger partial charge on any atom is 0.233 e. The SMILES string of the molecule is CC1(C)C(O)CCN1C(=O)CSc1nncn1-c1cccc(Cl)c1. The van der Waals surface area contributed by atoms with Crippen LogP contribution in [0.3, 0.4) is 0 Å². The lowest BCUT2D eigenvalue weighted by atomic mass is 9.99. The number of benzene rings is 1.